The zero-order valence-electron chi connectivity index (χ0n) is 19.9. The minimum absolute atomic E-state index is 0.0292. The molecular formula is C27H32N4O2. The highest BCUT2D eigenvalue weighted by Crippen LogP contribution is 2.20. The van der Waals surface area contributed by atoms with Crippen molar-refractivity contribution in [2.75, 3.05) is 11.9 Å². The van der Waals surface area contributed by atoms with Crippen LogP contribution in [0.25, 0.3) is 0 Å². The van der Waals surface area contributed by atoms with Crippen LogP contribution in [0.5, 0.6) is 0 Å². The van der Waals surface area contributed by atoms with Gasteiger partial charge in [-0.3, -0.25) is 19.1 Å². The third kappa shape index (κ3) is 5.40. The Morgan fingerprint density at radius 2 is 1.79 bits per heavy atom. The van der Waals surface area contributed by atoms with Crippen molar-refractivity contribution in [2.24, 2.45) is 0 Å². The normalized spacial score (nSPS) is 13.7. The highest BCUT2D eigenvalue weighted by atomic mass is 16.2. The molecule has 2 heterocycles. The van der Waals surface area contributed by atoms with Gasteiger partial charge in [-0.2, -0.15) is 0 Å². The zero-order chi connectivity index (χ0) is 23.5. The van der Waals surface area contributed by atoms with Crippen LogP contribution in [0, 0.1) is 13.8 Å². The van der Waals surface area contributed by atoms with E-state index in [-0.39, 0.29) is 23.9 Å². The van der Waals surface area contributed by atoms with Gasteiger partial charge in [0.1, 0.15) is 12.4 Å². The van der Waals surface area contributed by atoms with Gasteiger partial charge in [0.2, 0.25) is 5.91 Å². The van der Waals surface area contributed by atoms with Crippen LogP contribution >= 0.6 is 0 Å². The molecular weight excluding hydrogens is 412 g/mol. The zero-order valence-corrected chi connectivity index (χ0v) is 19.9. The number of anilines is 1. The number of hydrogen-bond donors (Lipinski definition) is 1. The molecule has 33 heavy (non-hydrogen) atoms. The molecule has 1 aromatic heterocycles. The summed E-state index contributed by atoms with van der Waals surface area (Å²) in [6, 6.07) is 16.3. The molecule has 1 N–H and O–H groups in total. The number of fused-ring (bicyclic) bond motifs is 1. The van der Waals surface area contributed by atoms with Crippen LogP contribution in [0.1, 0.15) is 53.5 Å². The summed E-state index contributed by atoms with van der Waals surface area (Å²) in [5.74, 6) is 0.477. The first-order chi connectivity index (χ1) is 15.8. The molecule has 4 rings (SSSR count). The molecule has 172 valence electrons. The number of rotatable bonds is 6. The third-order valence-electron chi connectivity index (χ3n) is 6.00. The smallest absolute Gasteiger partial charge is 0.257 e. The Hall–Kier alpha value is -3.25. The summed E-state index contributed by atoms with van der Waals surface area (Å²) >= 11 is 0. The number of nitrogens with one attached hydrogen (secondary N) is 1. The maximum Gasteiger partial charge on any atom is 0.257 e. The standard InChI is InChI=1S/C27H32N4O2/c1-18(2)26-29-24-16-30(15-21-8-6-5-7-9-21)11-10-23(24)27(33)31(26)17-25(32)28-22-13-19(3)12-20(4)14-22/h5-9,12-14,18H,10-11,15-17H2,1-4H3,(H,28,32). The molecule has 0 radical (unpaired) electrons. The van der Waals surface area contributed by atoms with E-state index in [1.54, 1.807) is 4.57 Å². The molecule has 0 unspecified atom stereocenters. The second-order valence-corrected chi connectivity index (χ2v) is 9.31. The molecule has 1 aliphatic rings. The van der Waals surface area contributed by atoms with Gasteiger partial charge in [-0.1, -0.05) is 50.2 Å². The van der Waals surface area contributed by atoms with E-state index in [9.17, 15) is 9.59 Å². The van der Waals surface area contributed by atoms with Crippen LogP contribution in [0.3, 0.4) is 0 Å². The Balaban J connectivity index is 1.57. The van der Waals surface area contributed by atoms with Crippen molar-refractivity contribution < 1.29 is 4.79 Å². The highest BCUT2D eigenvalue weighted by molar-refractivity contribution is 5.90. The van der Waals surface area contributed by atoms with Gasteiger partial charge in [0, 0.05) is 36.8 Å². The Morgan fingerprint density at radius 1 is 1.09 bits per heavy atom. The topological polar surface area (TPSA) is 67.2 Å². The van der Waals surface area contributed by atoms with E-state index in [0.717, 1.165) is 41.2 Å². The molecule has 0 spiro atoms. The molecule has 0 fully saturated rings. The fourth-order valence-corrected chi connectivity index (χ4v) is 4.56. The second-order valence-electron chi connectivity index (χ2n) is 9.31. The van der Waals surface area contributed by atoms with E-state index in [1.807, 2.05) is 58.0 Å². The summed E-state index contributed by atoms with van der Waals surface area (Å²) in [6.07, 6.45) is 0.644. The summed E-state index contributed by atoms with van der Waals surface area (Å²) in [5, 5.41) is 2.95. The van der Waals surface area contributed by atoms with Crippen molar-refractivity contribution >= 4 is 11.6 Å². The van der Waals surface area contributed by atoms with Crippen LogP contribution in [0.2, 0.25) is 0 Å². The molecule has 2 aromatic carbocycles. The van der Waals surface area contributed by atoms with E-state index >= 15 is 0 Å². The van der Waals surface area contributed by atoms with Crippen molar-refractivity contribution in [1.82, 2.24) is 14.5 Å². The maximum atomic E-state index is 13.4. The van der Waals surface area contributed by atoms with Crippen LogP contribution in [0.4, 0.5) is 5.69 Å². The first-order valence-corrected chi connectivity index (χ1v) is 11.6. The van der Waals surface area contributed by atoms with Crippen LogP contribution in [-0.2, 0) is 30.8 Å². The van der Waals surface area contributed by atoms with Gasteiger partial charge in [0.25, 0.3) is 5.56 Å². The average Bonchev–Trinajstić information content (AvgIpc) is 2.75. The monoisotopic (exact) mass is 444 g/mol. The van der Waals surface area contributed by atoms with E-state index in [2.05, 4.69) is 28.4 Å². The van der Waals surface area contributed by atoms with Gasteiger partial charge in [-0.25, -0.2) is 4.98 Å². The molecule has 3 aromatic rings. The Morgan fingerprint density at radius 3 is 2.45 bits per heavy atom. The Bertz CT molecular complexity index is 1190. The van der Waals surface area contributed by atoms with Gasteiger partial charge >= 0.3 is 0 Å². The minimum atomic E-state index is -0.215. The fourth-order valence-electron chi connectivity index (χ4n) is 4.56. The van der Waals surface area contributed by atoms with Gasteiger partial charge < -0.3 is 5.32 Å². The lowest BCUT2D eigenvalue weighted by Gasteiger charge is -2.29. The predicted molar refractivity (Wildman–Crippen MR) is 131 cm³/mol. The summed E-state index contributed by atoms with van der Waals surface area (Å²) in [7, 11) is 0. The Kier molecular flexibility index (Phi) is 6.75. The average molecular weight is 445 g/mol. The van der Waals surface area contributed by atoms with Crippen LogP contribution in [0.15, 0.2) is 53.3 Å². The fraction of sp³-hybridized carbons (Fsp3) is 0.370. The number of amides is 1. The van der Waals surface area contributed by atoms with Gasteiger partial charge in [-0.15, -0.1) is 0 Å². The quantitative estimate of drug-likeness (QED) is 0.619. The second kappa shape index (κ2) is 9.71. The molecule has 1 amide bonds. The van der Waals surface area contributed by atoms with Crippen molar-refractivity contribution in [3.05, 3.63) is 92.7 Å². The van der Waals surface area contributed by atoms with Gasteiger partial charge in [-0.05, 0) is 49.1 Å². The molecule has 6 nitrogen and oxygen atoms in total. The summed E-state index contributed by atoms with van der Waals surface area (Å²) in [6.45, 7) is 10.3. The summed E-state index contributed by atoms with van der Waals surface area (Å²) < 4.78 is 1.56. The van der Waals surface area contributed by atoms with Crippen LogP contribution < -0.4 is 10.9 Å². The molecule has 6 heteroatoms. The number of carbonyl (C=O) groups excluding carboxylic acids is 1. The molecule has 0 saturated heterocycles. The Labute approximate surface area is 195 Å². The predicted octanol–water partition coefficient (Wildman–Crippen LogP) is 4.18. The number of carbonyl (C=O) groups is 1. The molecule has 0 saturated carbocycles. The third-order valence-corrected chi connectivity index (χ3v) is 6.00. The minimum Gasteiger partial charge on any atom is -0.325 e. The molecule has 1 aliphatic heterocycles. The van der Waals surface area contributed by atoms with Crippen molar-refractivity contribution in [3.8, 4) is 0 Å². The summed E-state index contributed by atoms with van der Waals surface area (Å²) in [5.41, 5.74) is 5.67. The van der Waals surface area contributed by atoms with E-state index in [1.165, 1.54) is 5.56 Å². The van der Waals surface area contributed by atoms with E-state index in [4.69, 9.17) is 4.98 Å². The number of aryl methyl sites for hydroxylation is 2. The SMILES string of the molecule is Cc1cc(C)cc(NC(=O)Cn2c(C(C)C)nc3c(c2=O)CCN(Cc2ccccc2)C3)c1. The van der Waals surface area contributed by atoms with Gasteiger partial charge in [0.05, 0.1) is 5.69 Å². The van der Waals surface area contributed by atoms with Crippen LogP contribution in [-0.4, -0.2) is 26.9 Å². The van der Waals surface area contributed by atoms with E-state index in [0.29, 0.717) is 18.8 Å². The first-order valence-electron chi connectivity index (χ1n) is 11.6. The lowest BCUT2D eigenvalue weighted by molar-refractivity contribution is -0.116. The molecule has 0 bridgehead atoms. The van der Waals surface area contributed by atoms with Crippen molar-refractivity contribution in [2.45, 2.75) is 59.7 Å². The highest BCUT2D eigenvalue weighted by Gasteiger charge is 2.25. The number of aromatic nitrogens is 2. The van der Waals surface area contributed by atoms with Gasteiger partial charge in [0.15, 0.2) is 0 Å². The summed E-state index contributed by atoms with van der Waals surface area (Å²) in [4.78, 5) is 33.5. The lowest BCUT2D eigenvalue weighted by atomic mass is 10.0. The molecule has 0 atom stereocenters. The first kappa shape index (κ1) is 22.9. The number of nitrogens with zero attached hydrogens (tertiary/aromatic N) is 3. The largest absolute Gasteiger partial charge is 0.325 e. The van der Waals surface area contributed by atoms with Crippen molar-refractivity contribution in [1.29, 1.82) is 0 Å². The van der Waals surface area contributed by atoms with E-state index < -0.39 is 0 Å². The lowest BCUT2D eigenvalue weighted by Crippen LogP contribution is -2.40. The molecule has 0 aliphatic carbocycles. The number of benzene rings is 2. The maximum absolute atomic E-state index is 13.4. The van der Waals surface area contributed by atoms with Crippen molar-refractivity contribution in [3.63, 3.8) is 0 Å². The number of hydrogen-bond acceptors (Lipinski definition) is 4.